The molecular formula is C21H22FNO5. The second kappa shape index (κ2) is 9.55. The summed E-state index contributed by atoms with van der Waals surface area (Å²) in [4.78, 5) is 23.9. The minimum absolute atomic E-state index is 0.208. The predicted molar refractivity (Wildman–Crippen MR) is 102 cm³/mol. The lowest BCUT2D eigenvalue weighted by atomic mass is 10.1. The third kappa shape index (κ3) is 5.84. The highest BCUT2D eigenvalue weighted by Gasteiger charge is 2.15. The number of nitrogens with one attached hydrogen (secondary N) is 1. The molecule has 0 unspecified atom stereocenters. The molecule has 2 aromatic rings. The van der Waals surface area contributed by atoms with Crippen LogP contribution in [-0.2, 0) is 16.1 Å². The van der Waals surface area contributed by atoms with Gasteiger partial charge in [0.05, 0.1) is 18.8 Å². The van der Waals surface area contributed by atoms with Crippen LogP contribution in [0, 0.1) is 5.82 Å². The van der Waals surface area contributed by atoms with E-state index >= 15 is 0 Å². The molecule has 0 radical (unpaired) electrons. The molecule has 28 heavy (non-hydrogen) atoms. The van der Waals surface area contributed by atoms with Gasteiger partial charge in [0.2, 0.25) is 5.76 Å². The van der Waals surface area contributed by atoms with Gasteiger partial charge in [-0.15, -0.1) is 0 Å². The lowest BCUT2D eigenvalue weighted by Crippen LogP contribution is -2.23. The predicted octanol–water partition coefficient (Wildman–Crippen LogP) is 3.61. The topological polar surface area (TPSA) is 84.9 Å². The van der Waals surface area contributed by atoms with Crippen LogP contribution in [0.1, 0.15) is 35.3 Å². The lowest BCUT2D eigenvalue weighted by Gasteiger charge is -2.12. The molecule has 0 heterocycles. The fourth-order valence-electron chi connectivity index (χ4n) is 2.42. The number of halogens is 1. The maximum atomic E-state index is 13.0. The van der Waals surface area contributed by atoms with E-state index in [-0.39, 0.29) is 29.8 Å². The number of ether oxygens (including phenoxy) is 2. The van der Waals surface area contributed by atoms with Gasteiger partial charge < -0.3 is 19.9 Å². The van der Waals surface area contributed by atoms with Gasteiger partial charge in [0.15, 0.2) is 0 Å². The quantitative estimate of drug-likeness (QED) is 0.534. The number of carboxylic acid groups (broad SMARTS) is 1. The third-order valence-corrected chi connectivity index (χ3v) is 3.71. The van der Waals surface area contributed by atoms with Crippen molar-refractivity contribution >= 4 is 18.0 Å². The number of carbonyl (C=O) groups is 2. The summed E-state index contributed by atoms with van der Waals surface area (Å²) in [6.45, 7) is 3.65. The summed E-state index contributed by atoms with van der Waals surface area (Å²) in [5.41, 5.74) is 1.46. The molecule has 6 nitrogen and oxygen atoms in total. The van der Waals surface area contributed by atoms with Gasteiger partial charge in [-0.3, -0.25) is 4.79 Å². The number of aliphatic carboxylic acids is 1. The van der Waals surface area contributed by atoms with Crippen molar-refractivity contribution in [1.29, 1.82) is 0 Å². The second-order valence-electron chi connectivity index (χ2n) is 6.25. The molecule has 0 atom stereocenters. The molecule has 2 rings (SSSR count). The van der Waals surface area contributed by atoms with E-state index in [0.29, 0.717) is 11.3 Å². The Bertz CT molecular complexity index is 875. The van der Waals surface area contributed by atoms with Crippen molar-refractivity contribution in [3.63, 3.8) is 0 Å². The number of methoxy groups -OCH3 is 1. The molecule has 2 aromatic carbocycles. The number of amides is 1. The Morgan fingerprint density at radius 3 is 2.43 bits per heavy atom. The van der Waals surface area contributed by atoms with E-state index in [1.54, 1.807) is 38.1 Å². The molecule has 148 valence electrons. The number of rotatable bonds is 8. The standard InChI is InChI=1S/C21H22FNO5/c1-13(2)28-19(21(25)26)11-15-6-9-18(27-3)17(10-15)20(24)23-12-14-4-7-16(22)8-5-14/h4-11,13H,12H2,1-3H3,(H,23,24)(H,25,26). The minimum Gasteiger partial charge on any atom is -0.496 e. The van der Waals surface area contributed by atoms with Gasteiger partial charge in [0.1, 0.15) is 11.6 Å². The Labute approximate surface area is 162 Å². The Balaban J connectivity index is 2.24. The lowest BCUT2D eigenvalue weighted by molar-refractivity contribution is -0.137. The van der Waals surface area contributed by atoms with Gasteiger partial charge in [-0.1, -0.05) is 18.2 Å². The first-order valence-electron chi connectivity index (χ1n) is 8.62. The van der Waals surface area contributed by atoms with Gasteiger partial charge >= 0.3 is 5.97 Å². The van der Waals surface area contributed by atoms with Crippen LogP contribution in [0.4, 0.5) is 4.39 Å². The van der Waals surface area contributed by atoms with Crippen molar-refractivity contribution in [2.75, 3.05) is 7.11 Å². The smallest absolute Gasteiger partial charge is 0.371 e. The molecule has 0 aliphatic carbocycles. The summed E-state index contributed by atoms with van der Waals surface area (Å²) >= 11 is 0. The summed E-state index contributed by atoms with van der Waals surface area (Å²) in [7, 11) is 1.44. The van der Waals surface area contributed by atoms with Crippen molar-refractivity contribution in [2.24, 2.45) is 0 Å². The molecule has 0 aliphatic rings. The SMILES string of the molecule is COc1ccc(C=C(OC(C)C)C(=O)O)cc1C(=O)NCc1ccc(F)cc1. The van der Waals surface area contributed by atoms with Crippen LogP contribution in [0.3, 0.4) is 0 Å². The van der Waals surface area contributed by atoms with Crippen LogP contribution in [0.25, 0.3) is 6.08 Å². The van der Waals surface area contributed by atoms with Crippen LogP contribution in [0.5, 0.6) is 5.75 Å². The monoisotopic (exact) mass is 387 g/mol. The van der Waals surface area contributed by atoms with Crippen molar-refractivity contribution in [1.82, 2.24) is 5.32 Å². The van der Waals surface area contributed by atoms with Crippen molar-refractivity contribution < 1.29 is 28.6 Å². The highest BCUT2D eigenvalue weighted by Crippen LogP contribution is 2.22. The zero-order valence-electron chi connectivity index (χ0n) is 15.9. The highest BCUT2D eigenvalue weighted by molar-refractivity contribution is 5.98. The minimum atomic E-state index is -1.20. The van der Waals surface area contributed by atoms with Gasteiger partial charge in [-0.25, -0.2) is 9.18 Å². The number of hydrogen-bond donors (Lipinski definition) is 2. The number of benzene rings is 2. The molecule has 0 aromatic heterocycles. The molecule has 1 amide bonds. The van der Waals surface area contributed by atoms with Gasteiger partial charge in [0.25, 0.3) is 5.91 Å². The maximum absolute atomic E-state index is 13.0. The largest absolute Gasteiger partial charge is 0.496 e. The number of carbonyl (C=O) groups excluding carboxylic acids is 1. The summed E-state index contributed by atoms with van der Waals surface area (Å²) in [6, 6.07) is 10.5. The molecule has 2 N–H and O–H groups in total. The van der Waals surface area contributed by atoms with E-state index in [1.807, 2.05) is 0 Å². The van der Waals surface area contributed by atoms with E-state index in [4.69, 9.17) is 9.47 Å². The van der Waals surface area contributed by atoms with E-state index in [1.165, 1.54) is 31.4 Å². The van der Waals surface area contributed by atoms with Crippen LogP contribution in [0.15, 0.2) is 48.2 Å². The van der Waals surface area contributed by atoms with Crippen molar-refractivity contribution in [3.05, 3.63) is 70.7 Å². The van der Waals surface area contributed by atoms with E-state index in [9.17, 15) is 19.1 Å². The Morgan fingerprint density at radius 2 is 1.86 bits per heavy atom. The zero-order valence-corrected chi connectivity index (χ0v) is 15.9. The van der Waals surface area contributed by atoms with Crippen LogP contribution in [-0.4, -0.2) is 30.2 Å². The number of hydrogen-bond acceptors (Lipinski definition) is 4. The Kier molecular flexibility index (Phi) is 7.14. The normalized spacial score (nSPS) is 11.2. The average Bonchev–Trinajstić information content (AvgIpc) is 2.66. The van der Waals surface area contributed by atoms with Gasteiger partial charge in [-0.05, 0) is 55.3 Å². The van der Waals surface area contributed by atoms with Crippen molar-refractivity contribution in [3.8, 4) is 5.75 Å². The molecule has 0 saturated heterocycles. The Hall–Kier alpha value is -3.35. The highest BCUT2D eigenvalue weighted by atomic mass is 19.1. The molecule has 0 fully saturated rings. The number of carboxylic acids is 1. The molecule has 0 aliphatic heterocycles. The Morgan fingerprint density at radius 1 is 1.18 bits per heavy atom. The fourth-order valence-corrected chi connectivity index (χ4v) is 2.42. The average molecular weight is 387 g/mol. The summed E-state index contributed by atoms with van der Waals surface area (Å²) in [5, 5.41) is 12.0. The van der Waals surface area contributed by atoms with Gasteiger partial charge in [0, 0.05) is 6.54 Å². The summed E-state index contributed by atoms with van der Waals surface area (Å²) < 4.78 is 23.5. The summed E-state index contributed by atoms with van der Waals surface area (Å²) in [5.74, 6) is -1.84. The first-order valence-corrected chi connectivity index (χ1v) is 8.62. The molecule has 0 saturated carbocycles. The fraction of sp³-hybridized carbons (Fsp3) is 0.238. The second-order valence-corrected chi connectivity index (χ2v) is 6.25. The zero-order chi connectivity index (χ0) is 20.7. The van der Waals surface area contributed by atoms with Crippen LogP contribution >= 0.6 is 0 Å². The molecule has 0 spiro atoms. The first-order chi connectivity index (χ1) is 13.3. The van der Waals surface area contributed by atoms with E-state index < -0.39 is 11.9 Å². The molecular weight excluding hydrogens is 365 g/mol. The van der Waals surface area contributed by atoms with E-state index in [2.05, 4.69) is 5.32 Å². The van der Waals surface area contributed by atoms with E-state index in [0.717, 1.165) is 5.56 Å². The first kappa shape index (κ1) is 21.0. The third-order valence-electron chi connectivity index (χ3n) is 3.71. The van der Waals surface area contributed by atoms with Gasteiger partial charge in [-0.2, -0.15) is 0 Å². The maximum Gasteiger partial charge on any atom is 0.371 e. The molecule has 7 heteroatoms. The molecule has 0 bridgehead atoms. The summed E-state index contributed by atoms with van der Waals surface area (Å²) in [6.07, 6.45) is 1.04. The van der Waals surface area contributed by atoms with Crippen LogP contribution < -0.4 is 10.1 Å². The van der Waals surface area contributed by atoms with Crippen LogP contribution in [0.2, 0.25) is 0 Å². The van der Waals surface area contributed by atoms with Crippen molar-refractivity contribution in [2.45, 2.75) is 26.5 Å².